The van der Waals surface area contributed by atoms with Crippen LogP contribution in [0.2, 0.25) is 0 Å². The van der Waals surface area contributed by atoms with Gasteiger partial charge in [0, 0.05) is 29.5 Å². The quantitative estimate of drug-likeness (QED) is 0.348. The van der Waals surface area contributed by atoms with Crippen molar-refractivity contribution in [2.75, 3.05) is 31.6 Å². The lowest BCUT2D eigenvalue weighted by molar-refractivity contribution is -0.142. The molecule has 0 radical (unpaired) electrons. The zero-order chi connectivity index (χ0) is 25.2. The first-order valence-electron chi connectivity index (χ1n) is 12.0. The molecule has 188 valence electrons. The summed E-state index contributed by atoms with van der Waals surface area (Å²) in [7, 11) is 0. The highest BCUT2D eigenvalue weighted by molar-refractivity contribution is 7.07. The van der Waals surface area contributed by atoms with Crippen LogP contribution < -0.4 is 10.1 Å². The zero-order valence-electron chi connectivity index (χ0n) is 20.2. The number of nitrogens with one attached hydrogen (secondary N) is 1. The first-order chi connectivity index (χ1) is 18.2. The van der Waals surface area contributed by atoms with E-state index in [1.54, 1.807) is 23.2 Å². The number of carbonyl (C=O) groups excluding carboxylic acids is 1. The SMILES string of the molecule is C[C@@H](Oc1cccc2ncnc(Nc3ccc4c(cnn4Cc4cscn4)c3)c12)C(=O)N1CCOCC1. The summed E-state index contributed by atoms with van der Waals surface area (Å²) in [5.41, 5.74) is 5.40. The summed E-state index contributed by atoms with van der Waals surface area (Å²) in [5.74, 6) is 1.08. The number of anilines is 2. The third-order valence-corrected chi connectivity index (χ3v) is 6.93. The average molecular weight is 516 g/mol. The van der Waals surface area contributed by atoms with Gasteiger partial charge in [0.25, 0.3) is 5.91 Å². The summed E-state index contributed by atoms with van der Waals surface area (Å²) in [6, 6.07) is 11.6. The van der Waals surface area contributed by atoms with Gasteiger partial charge in [-0.05, 0) is 37.3 Å². The normalized spacial score (nSPS) is 14.7. The number of hydrogen-bond donors (Lipinski definition) is 1. The van der Waals surface area contributed by atoms with Crippen LogP contribution in [-0.4, -0.2) is 67.9 Å². The van der Waals surface area contributed by atoms with E-state index in [1.807, 2.05) is 58.2 Å². The number of hydrogen-bond acceptors (Lipinski definition) is 9. The Hall–Kier alpha value is -4.09. The van der Waals surface area contributed by atoms with E-state index in [1.165, 1.54) is 6.33 Å². The first kappa shape index (κ1) is 23.3. The molecule has 0 spiro atoms. The summed E-state index contributed by atoms with van der Waals surface area (Å²) in [5, 5.41) is 11.7. The Morgan fingerprint density at radius 2 is 2.08 bits per heavy atom. The number of fused-ring (bicyclic) bond motifs is 2. The Balaban J connectivity index is 1.27. The van der Waals surface area contributed by atoms with Crippen molar-refractivity contribution < 1.29 is 14.3 Å². The number of rotatable bonds is 7. The molecule has 1 N–H and O–H groups in total. The number of carbonyl (C=O) groups is 1. The highest BCUT2D eigenvalue weighted by atomic mass is 32.1. The summed E-state index contributed by atoms with van der Waals surface area (Å²) < 4.78 is 13.5. The van der Waals surface area contributed by atoms with Crippen LogP contribution in [0.1, 0.15) is 12.6 Å². The molecule has 5 aromatic rings. The van der Waals surface area contributed by atoms with E-state index >= 15 is 0 Å². The second kappa shape index (κ2) is 10.1. The van der Waals surface area contributed by atoms with E-state index in [-0.39, 0.29) is 5.91 Å². The number of amides is 1. The molecule has 0 unspecified atom stereocenters. The maximum atomic E-state index is 12.9. The topological polar surface area (TPSA) is 107 Å². The number of thiazole rings is 1. The maximum absolute atomic E-state index is 12.9. The molecule has 1 atom stereocenters. The van der Waals surface area contributed by atoms with E-state index in [2.05, 4.69) is 25.4 Å². The van der Waals surface area contributed by atoms with Gasteiger partial charge in [-0.3, -0.25) is 9.48 Å². The van der Waals surface area contributed by atoms with Gasteiger partial charge >= 0.3 is 0 Å². The van der Waals surface area contributed by atoms with Gasteiger partial charge in [0.05, 0.1) is 53.6 Å². The van der Waals surface area contributed by atoms with Crippen LogP contribution in [0.5, 0.6) is 5.75 Å². The largest absolute Gasteiger partial charge is 0.480 e. The van der Waals surface area contributed by atoms with Gasteiger partial charge in [0.2, 0.25) is 0 Å². The van der Waals surface area contributed by atoms with E-state index < -0.39 is 6.10 Å². The number of ether oxygens (including phenoxy) is 2. The molecule has 1 aliphatic rings. The fourth-order valence-corrected chi connectivity index (χ4v) is 5.00. The van der Waals surface area contributed by atoms with Crippen LogP contribution in [0, 0.1) is 0 Å². The Kier molecular flexibility index (Phi) is 6.37. The van der Waals surface area contributed by atoms with Crippen LogP contribution >= 0.6 is 11.3 Å². The van der Waals surface area contributed by atoms with E-state index in [0.29, 0.717) is 49.8 Å². The first-order valence-corrected chi connectivity index (χ1v) is 13.0. The van der Waals surface area contributed by atoms with Crippen LogP contribution in [0.4, 0.5) is 11.5 Å². The predicted molar refractivity (Wildman–Crippen MR) is 141 cm³/mol. The lowest BCUT2D eigenvalue weighted by atomic mass is 10.2. The van der Waals surface area contributed by atoms with Crippen molar-refractivity contribution in [2.45, 2.75) is 19.6 Å². The average Bonchev–Trinajstić information content (AvgIpc) is 3.59. The molecule has 0 saturated carbocycles. The second-order valence-corrected chi connectivity index (χ2v) is 9.47. The van der Waals surface area contributed by atoms with Gasteiger partial charge in [-0.1, -0.05) is 6.07 Å². The summed E-state index contributed by atoms with van der Waals surface area (Å²) in [6.07, 6.45) is 2.70. The summed E-state index contributed by atoms with van der Waals surface area (Å²) in [6.45, 7) is 4.62. The molecule has 2 aromatic carbocycles. The monoisotopic (exact) mass is 515 g/mol. The van der Waals surface area contributed by atoms with Crippen molar-refractivity contribution in [3.8, 4) is 5.75 Å². The van der Waals surface area contributed by atoms with Gasteiger partial charge in [-0.15, -0.1) is 11.3 Å². The highest BCUT2D eigenvalue weighted by Crippen LogP contribution is 2.33. The molecule has 0 bridgehead atoms. The molecule has 11 heteroatoms. The Morgan fingerprint density at radius 3 is 2.92 bits per heavy atom. The minimum absolute atomic E-state index is 0.0632. The van der Waals surface area contributed by atoms with Crippen molar-refractivity contribution >= 4 is 50.6 Å². The van der Waals surface area contributed by atoms with Crippen molar-refractivity contribution in [1.29, 1.82) is 0 Å². The van der Waals surface area contributed by atoms with Gasteiger partial charge < -0.3 is 19.7 Å². The minimum Gasteiger partial charge on any atom is -0.480 e. The standard InChI is InChI=1S/C26H25N7O3S/c1-17(26(34)32-7-9-35-10-8-32)36-23-4-2-3-21-24(23)25(28-15-27-21)31-19-5-6-22-18(11-19)12-30-33(22)13-20-14-37-16-29-20/h2-6,11-12,14-17H,7-10,13H2,1H3,(H,27,28,31)/t17-/m1/s1. The molecule has 0 aliphatic carbocycles. The summed E-state index contributed by atoms with van der Waals surface area (Å²) in [4.78, 5) is 28.0. The highest BCUT2D eigenvalue weighted by Gasteiger charge is 2.25. The third kappa shape index (κ3) is 4.83. The molecule has 3 aromatic heterocycles. The maximum Gasteiger partial charge on any atom is 0.263 e. The third-order valence-electron chi connectivity index (χ3n) is 6.30. The molecule has 4 heterocycles. The molecule has 1 aliphatic heterocycles. The molecule has 6 rings (SSSR count). The Labute approximate surface area is 216 Å². The van der Waals surface area contributed by atoms with Crippen LogP contribution in [0.15, 0.2) is 59.8 Å². The van der Waals surface area contributed by atoms with Crippen LogP contribution in [0.25, 0.3) is 21.8 Å². The fraction of sp³-hybridized carbons (Fsp3) is 0.269. The van der Waals surface area contributed by atoms with Gasteiger partial charge in [-0.25, -0.2) is 15.0 Å². The molecule has 10 nitrogen and oxygen atoms in total. The summed E-state index contributed by atoms with van der Waals surface area (Å²) >= 11 is 1.57. The number of nitrogens with zero attached hydrogens (tertiary/aromatic N) is 6. The molecular weight excluding hydrogens is 490 g/mol. The second-order valence-electron chi connectivity index (χ2n) is 8.75. The van der Waals surface area contributed by atoms with E-state index in [4.69, 9.17) is 9.47 Å². The smallest absolute Gasteiger partial charge is 0.263 e. The van der Waals surface area contributed by atoms with Gasteiger partial charge in [0.15, 0.2) is 6.10 Å². The van der Waals surface area contributed by atoms with E-state index in [9.17, 15) is 4.79 Å². The van der Waals surface area contributed by atoms with E-state index in [0.717, 1.165) is 27.8 Å². The van der Waals surface area contributed by atoms with Crippen molar-refractivity contribution in [2.24, 2.45) is 0 Å². The van der Waals surface area contributed by atoms with Crippen molar-refractivity contribution in [3.63, 3.8) is 0 Å². The molecule has 1 amide bonds. The van der Waals surface area contributed by atoms with Crippen LogP contribution in [0.3, 0.4) is 0 Å². The number of benzene rings is 2. The predicted octanol–water partition coefficient (Wildman–Crippen LogP) is 3.85. The molecule has 37 heavy (non-hydrogen) atoms. The molecule has 1 saturated heterocycles. The minimum atomic E-state index is -0.656. The molecule has 1 fully saturated rings. The zero-order valence-corrected chi connectivity index (χ0v) is 21.0. The Morgan fingerprint density at radius 1 is 1.19 bits per heavy atom. The van der Waals surface area contributed by atoms with Crippen molar-refractivity contribution in [3.05, 3.63) is 65.5 Å². The number of morpholine rings is 1. The van der Waals surface area contributed by atoms with Crippen molar-refractivity contribution in [1.82, 2.24) is 29.6 Å². The Bertz CT molecular complexity index is 1540. The van der Waals surface area contributed by atoms with Gasteiger partial charge in [0.1, 0.15) is 17.9 Å². The fourth-order valence-electron chi connectivity index (χ4n) is 4.45. The van der Waals surface area contributed by atoms with Gasteiger partial charge in [-0.2, -0.15) is 5.10 Å². The molecular formula is C26H25N7O3S. The lowest BCUT2D eigenvalue weighted by Crippen LogP contribution is -2.46. The lowest BCUT2D eigenvalue weighted by Gasteiger charge is -2.29. The van der Waals surface area contributed by atoms with Crippen LogP contribution in [-0.2, 0) is 16.1 Å². The number of aromatic nitrogens is 5.